The normalized spacial score (nSPS) is 17.6. The van der Waals surface area contributed by atoms with E-state index in [1.807, 2.05) is 0 Å². The van der Waals surface area contributed by atoms with Gasteiger partial charge in [-0.1, -0.05) is 18.9 Å². The topological polar surface area (TPSA) is 75.4 Å². The molecule has 0 amide bonds. The van der Waals surface area contributed by atoms with Gasteiger partial charge in [-0.05, 0) is 18.4 Å². The molecule has 1 aliphatic rings. The average Bonchev–Trinajstić information content (AvgIpc) is 2.93. The van der Waals surface area contributed by atoms with Crippen molar-refractivity contribution < 1.29 is 23.2 Å². The van der Waals surface area contributed by atoms with Crippen molar-refractivity contribution >= 4 is 5.69 Å². The molecular weight excluding hydrogens is 301 g/mol. The maximum absolute atomic E-state index is 13.1. The molecule has 0 atom stereocenters. The van der Waals surface area contributed by atoms with Crippen LogP contribution in [-0.4, -0.2) is 22.2 Å². The van der Waals surface area contributed by atoms with Gasteiger partial charge >= 0.3 is 6.18 Å². The summed E-state index contributed by atoms with van der Waals surface area (Å²) < 4.78 is 39.2. The molecule has 0 spiro atoms. The van der Waals surface area contributed by atoms with Crippen LogP contribution in [0.25, 0.3) is 0 Å². The molecule has 2 N–H and O–H groups in total. The predicted molar refractivity (Wildman–Crippen MR) is 73.2 cm³/mol. The average molecular weight is 318 g/mol. The van der Waals surface area contributed by atoms with Gasteiger partial charge in [-0.2, -0.15) is 13.2 Å². The van der Waals surface area contributed by atoms with Crippen molar-refractivity contribution in [1.29, 1.82) is 0 Å². The van der Waals surface area contributed by atoms with Crippen LogP contribution >= 0.6 is 0 Å². The van der Waals surface area contributed by atoms with Crippen molar-refractivity contribution in [1.82, 2.24) is 5.32 Å². The van der Waals surface area contributed by atoms with Crippen LogP contribution < -0.4 is 5.32 Å². The first-order valence-electron chi connectivity index (χ1n) is 6.98. The lowest BCUT2D eigenvalue weighted by Crippen LogP contribution is -2.45. The summed E-state index contributed by atoms with van der Waals surface area (Å²) in [5, 5.41) is 23.1. The second-order valence-corrected chi connectivity index (χ2v) is 5.60. The zero-order valence-corrected chi connectivity index (χ0v) is 11.8. The number of benzene rings is 1. The summed E-state index contributed by atoms with van der Waals surface area (Å²) >= 11 is 0. The van der Waals surface area contributed by atoms with Crippen molar-refractivity contribution in [3.8, 4) is 0 Å². The molecule has 0 unspecified atom stereocenters. The van der Waals surface area contributed by atoms with Gasteiger partial charge in [-0.25, -0.2) is 0 Å². The van der Waals surface area contributed by atoms with Crippen molar-refractivity contribution in [2.75, 3.05) is 6.61 Å². The summed E-state index contributed by atoms with van der Waals surface area (Å²) in [6.07, 6.45) is -1.42. The van der Waals surface area contributed by atoms with Crippen LogP contribution in [0, 0.1) is 10.1 Å². The Bertz CT molecular complexity index is 555. The molecule has 1 saturated carbocycles. The minimum atomic E-state index is -4.66. The fourth-order valence-corrected chi connectivity index (χ4v) is 2.82. The zero-order chi connectivity index (χ0) is 16.4. The highest BCUT2D eigenvalue weighted by Gasteiger charge is 2.37. The first-order valence-corrected chi connectivity index (χ1v) is 6.98. The Labute approximate surface area is 125 Å². The third-order valence-electron chi connectivity index (χ3n) is 4.13. The highest BCUT2D eigenvalue weighted by Crippen LogP contribution is 2.35. The summed E-state index contributed by atoms with van der Waals surface area (Å²) in [5.41, 5.74) is -2.21. The monoisotopic (exact) mass is 318 g/mol. The lowest BCUT2D eigenvalue weighted by molar-refractivity contribution is -0.385. The number of hydrogen-bond donors (Lipinski definition) is 2. The summed E-state index contributed by atoms with van der Waals surface area (Å²) in [6.45, 7) is -0.227. The van der Waals surface area contributed by atoms with Crippen molar-refractivity contribution in [2.24, 2.45) is 0 Å². The summed E-state index contributed by atoms with van der Waals surface area (Å²) in [4.78, 5) is 9.80. The molecule has 1 fully saturated rings. The van der Waals surface area contributed by atoms with Gasteiger partial charge in [0.15, 0.2) is 0 Å². The lowest BCUT2D eigenvalue weighted by atomic mass is 9.97. The number of rotatable bonds is 5. The fourth-order valence-electron chi connectivity index (χ4n) is 2.82. The van der Waals surface area contributed by atoms with Crippen LogP contribution in [0.15, 0.2) is 18.2 Å². The molecule has 0 aliphatic heterocycles. The van der Waals surface area contributed by atoms with Crippen molar-refractivity contribution in [2.45, 2.75) is 43.9 Å². The third-order valence-corrected chi connectivity index (χ3v) is 4.13. The highest BCUT2D eigenvalue weighted by atomic mass is 19.4. The Hall–Kier alpha value is -1.67. The van der Waals surface area contributed by atoms with Gasteiger partial charge in [0.05, 0.1) is 17.1 Å². The second-order valence-electron chi connectivity index (χ2n) is 5.60. The van der Waals surface area contributed by atoms with Crippen LogP contribution in [0.2, 0.25) is 0 Å². The summed E-state index contributed by atoms with van der Waals surface area (Å²) in [6, 6.07) is 2.73. The Morgan fingerprint density at radius 2 is 1.95 bits per heavy atom. The molecule has 122 valence electrons. The number of aliphatic hydroxyl groups is 1. The first-order chi connectivity index (χ1) is 10.3. The largest absolute Gasteiger partial charge is 0.416 e. The van der Waals surface area contributed by atoms with Crippen LogP contribution in [0.3, 0.4) is 0 Å². The van der Waals surface area contributed by atoms with Gasteiger partial charge in [0.1, 0.15) is 0 Å². The minimum absolute atomic E-state index is 0.0576. The third kappa shape index (κ3) is 3.56. The van der Waals surface area contributed by atoms with Gasteiger partial charge < -0.3 is 10.4 Å². The number of nitrogens with zero attached hydrogens (tertiary/aromatic N) is 1. The van der Waals surface area contributed by atoms with Crippen molar-refractivity contribution in [3.63, 3.8) is 0 Å². The maximum Gasteiger partial charge on any atom is 0.416 e. The predicted octanol–water partition coefficient (Wildman–Crippen LogP) is 3.01. The molecule has 0 aromatic heterocycles. The van der Waals surface area contributed by atoms with Crippen LogP contribution in [0.1, 0.15) is 36.8 Å². The molecule has 0 bridgehead atoms. The molecule has 1 aromatic carbocycles. The number of nitrogens with one attached hydrogen (secondary N) is 1. The van der Waals surface area contributed by atoms with Crippen LogP contribution in [-0.2, 0) is 12.7 Å². The van der Waals surface area contributed by atoms with Crippen LogP contribution in [0.4, 0.5) is 18.9 Å². The van der Waals surface area contributed by atoms with Crippen molar-refractivity contribution in [3.05, 3.63) is 39.4 Å². The highest BCUT2D eigenvalue weighted by molar-refractivity contribution is 5.41. The Morgan fingerprint density at radius 1 is 1.32 bits per heavy atom. The Morgan fingerprint density at radius 3 is 2.45 bits per heavy atom. The quantitative estimate of drug-likeness (QED) is 0.646. The van der Waals surface area contributed by atoms with E-state index >= 15 is 0 Å². The van der Waals surface area contributed by atoms with E-state index in [0.29, 0.717) is 18.9 Å². The second kappa shape index (κ2) is 6.21. The molecule has 0 radical (unpaired) electrons. The van der Waals surface area contributed by atoms with E-state index in [2.05, 4.69) is 5.32 Å². The van der Waals surface area contributed by atoms with E-state index in [0.717, 1.165) is 25.0 Å². The van der Waals surface area contributed by atoms with E-state index in [4.69, 9.17) is 0 Å². The summed E-state index contributed by atoms with van der Waals surface area (Å²) in [7, 11) is 0. The lowest BCUT2D eigenvalue weighted by Gasteiger charge is -2.28. The minimum Gasteiger partial charge on any atom is -0.394 e. The van der Waals surface area contributed by atoms with Gasteiger partial charge in [-0.3, -0.25) is 10.1 Å². The Balaban J connectivity index is 2.24. The molecule has 22 heavy (non-hydrogen) atoms. The molecule has 2 rings (SSSR count). The first kappa shape index (κ1) is 16.7. The van der Waals surface area contributed by atoms with E-state index in [9.17, 15) is 28.4 Å². The molecule has 0 heterocycles. The Kier molecular flexibility index (Phi) is 4.72. The number of non-ortho nitro benzene ring substituents is 1. The standard InChI is InChI=1S/C14H17F3N2O3/c15-14(16,17)12-7-11(19(21)22)4-3-10(12)8-18-13(9-20)5-1-2-6-13/h3-4,7,18,20H,1-2,5-6,8-9H2. The number of halogens is 3. The molecule has 8 heteroatoms. The van der Waals surface area contributed by atoms with E-state index < -0.39 is 27.9 Å². The van der Waals surface area contributed by atoms with E-state index in [-0.39, 0.29) is 18.7 Å². The van der Waals surface area contributed by atoms with E-state index in [1.54, 1.807) is 0 Å². The van der Waals surface area contributed by atoms with Gasteiger partial charge in [0, 0.05) is 24.2 Å². The number of alkyl halides is 3. The van der Waals surface area contributed by atoms with E-state index in [1.165, 1.54) is 0 Å². The molecule has 1 aliphatic carbocycles. The number of nitro groups is 1. The molecule has 5 nitrogen and oxygen atoms in total. The number of aliphatic hydroxyl groups excluding tert-OH is 1. The fraction of sp³-hybridized carbons (Fsp3) is 0.571. The number of hydrogen-bond acceptors (Lipinski definition) is 4. The summed E-state index contributed by atoms with van der Waals surface area (Å²) in [5.74, 6) is 0. The van der Waals surface area contributed by atoms with Gasteiger partial charge in [0.25, 0.3) is 5.69 Å². The van der Waals surface area contributed by atoms with Gasteiger partial charge in [-0.15, -0.1) is 0 Å². The number of nitro benzene ring substituents is 1. The maximum atomic E-state index is 13.1. The van der Waals surface area contributed by atoms with Crippen LogP contribution in [0.5, 0.6) is 0 Å². The zero-order valence-electron chi connectivity index (χ0n) is 11.8. The SMILES string of the molecule is O=[N+]([O-])c1ccc(CNC2(CO)CCCC2)c(C(F)(F)F)c1. The molecule has 1 aromatic rings. The molecular formula is C14H17F3N2O3. The smallest absolute Gasteiger partial charge is 0.394 e. The van der Waals surface area contributed by atoms with Gasteiger partial charge in [0.2, 0.25) is 0 Å². The molecule has 0 saturated heterocycles.